The van der Waals surface area contributed by atoms with Gasteiger partial charge in [-0.1, -0.05) is 12.1 Å². The highest BCUT2D eigenvalue weighted by Gasteiger charge is 2.07. The fourth-order valence-corrected chi connectivity index (χ4v) is 2.24. The van der Waals surface area contributed by atoms with Crippen LogP contribution in [0.1, 0.15) is 28.8 Å². The Morgan fingerprint density at radius 2 is 1.84 bits per heavy atom. The van der Waals surface area contributed by atoms with Crippen molar-refractivity contribution in [2.24, 2.45) is 0 Å². The summed E-state index contributed by atoms with van der Waals surface area (Å²) in [6.45, 7) is 1.01. The van der Waals surface area contributed by atoms with E-state index in [4.69, 9.17) is 9.84 Å². The fourth-order valence-electron chi connectivity index (χ4n) is 2.24. The van der Waals surface area contributed by atoms with E-state index in [0.29, 0.717) is 24.5 Å². The number of amides is 1. The molecule has 0 heterocycles. The first-order valence-corrected chi connectivity index (χ1v) is 8.02. The summed E-state index contributed by atoms with van der Waals surface area (Å²) < 4.78 is 18.2. The van der Waals surface area contributed by atoms with Gasteiger partial charge in [0.2, 0.25) is 5.91 Å². The van der Waals surface area contributed by atoms with Gasteiger partial charge in [-0.25, -0.2) is 9.18 Å². The normalized spacial score (nSPS) is 10.3. The van der Waals surface area contributed by atoms with Gasteiger partial charge < -0.3 is 15.2 Å². The number of nitrogens with one attached hydrogen (secondary N) is 1. The molecule has 2 aromatic rings. The van der Waals surface area contributed by atoms with Crippen LogP contribution in [0.3, 0.4) is 0 Å². The molecule has 1 amide bonds. The third-order valence-corrected chi connectivity index (χ3v) is 3.51. The van der Waals surface area contributed by atoms with Crippen molar-refractivity contribution in [1.29, 1.82) is 0 Å². The third-order valence-electron chi connectivity index (χ3n) is 3.51. The number of unbranched alkanes of at least 4 members (excludes halogenated alkanes) is 1. The Morgan fingerprint density at radius 1 is 1.08 bits per heavy atom. The van der Waals surface area contributed by atoms with Crippen LogP contribution < -0.4 is 10.1 Å². The zero-order chi connectivity index (χ0) is 18.1. The van der Waals surface area contributed by atoms with Crippen molar-refractivity contribution < 1.29 is 23.8 Å². The van der Waals surface area contributed by atoms with Crippen molar-refractivity contribution in [2.75, 3.05) is 13.2 Å². The quantitative estimate of drug-likeness (QED) is 0.685. The molecule has 25 heavy (non-hydrogen) atoms. The number of aromatic carboxylic acids is 1. The van der Waals surface area contributed by atoms with Gasteiger partial charge in [0, 0.05) is 6.54 Å². The zero-order valence-electron chi connectivity index (χ0n) is 13.7. The minimum Gasteiger partial charge on any atom is -0.494 e. The van der Waals surface area contributed by atoms with Crippen LogP contribution >= 0.6 is 0 Å². The van der Waals surface area contributed by atoms with Gasteiger partial charge in [-0.15, -0.1) is 0 Å². The van der Waals surface area contributed by atoms with Gasteiger partial charge in [0.25, 0.3) is 0 Å². The number of carboxylic acid groups (broad SMARTS) is 1. The lowest BCUT2D eigenvalue weighted by Gasteiger charge is -2.07. The molecule has 2 aromatic carbocycles. The maximum absolute atomic E-state index is 12.7. The van der Waals surface area contributed by atoms with Gasteiger partial charge in [0.05, 0.1) is 18.6 Å². The lowest BCUT2D eigenvalue weighted by atomic mass is 10.1. The van der Waals surface area contributed by atoms with Gasteiger partial charge in [-0.2, -0.15) is 0 Å². The molecule has 5 nitrogen and oxygen atoms in total. The first kappa shape index (κ1) is 18.4. The minimum atomic E-state index is -1.01. The Bertz CT molecular complexity index is 716. The molecule has 0 bridgehead atoms. The number of halogens is 1. The summed E-state index contributed by atoms with van der Waals surface area (Å²) in [4.78, 5) is 22.8. The number of hydrogen-bond donors (Lipinski definition) is 2. The van der Waals surface area contributed by atoms with Crippen molar-refractivity contribution >= 4 is 11.9 Å². The summed E-state index contributed by atoms with van der Waals surface area (Å²) in [6, 6.07) is 12.2. The highest BCUT2D eigenvalue weighted by molar-refractivity contribution is 5.88. The Morgan fingerprint density at radius 3 is 2.56 bits per heavy atom. The molecule has 2 N–H and O–H groups in total. The van der Waals surface area contributed by atoms with Crippen LogP contribution in [-0.4, -0.2) is 30.1 Å². The zero-order valence-corrected chi connectivity index (χ0v) is 13.7. The summed E-state index contributed by atoms with van der Waals surface area (Å²) in [5.41, 5.74) is 0.834. The fraction of sp³-hybridized carbons (Fsp3) is 0.263. The van der Waals surface area contributed by atoms with Crippen LogP contribution in [0, 0.1) is 5.82 Å². The number of ether oxygens (including phenoxy) is 1. The largest absolute Gasteiger partial charge is 0.494 e. The van der Waals surface area contributed by atoms with Gasteiger partial charge in [-0.05, 0) is 54.8 Å². The molecule has 0 aliphatic rings. The van der Waals surface area contributed by atoms with E-state index in [-0.39, 0.29) is 23.7 Å². The molecule has 0 saturated carbocycles. The monoisotopic (exact) mass is 345 g/mol. The average molecular weight is 345 g/mol. The minimum absolute atomic E-state index is 0.146. The topological polar surface area (TPSA) is 75.6 Å². The summed E-state index contributed by atoms with van der Waals surface area (Å²) in [6.07, 6.45) is 1.65. The maximum atomic E-state index is 12.7. The van der Waals surface area contributed by atoms with Crippen molar-refractivity contribution in [3.63, 3.8) is 0 Å². The van der Waals surface area contributed by atoms with Gasteiger partial charge in [0.15, 0.2) is 0 Å². The van der Waals surface area contributed by atoms with Crippen LogP contribution in [0.4, 0.5) is 4.39 Å². The highest BCUT2D eigenvalue weighted by Crippen LogP contribution is 2.11. The molecule has 0 spiro atoms. The van der Waals surface area contributed by atoms with E-state index in [9.17, 15) is 14.0 Å². The van der Waals surface area contributed by atoms with E-state index in [1.54, 1.807) is 24.3 Å². The molecule has 0 unspecified atom stereocenters. The Labute approximate surface area is 145 Å². The van der Waals surface area contributed by atoms with E-state index in [1.165, 1.54) is 24.3 Å². The molecular weight excluding hydrogens is 325 g/mol. The van der Waals surface area contributed by atoms with Crippen LogP contribution in [0.5, 0.6) is 5.75 Å². The Kier molecular flexibility index (Phi) is 6.95. The number of hydrogen-bond acceptors (Lipinski definition) is 3. The predicted molar refractivity (Wildman–Crippen MR) is 91.2 cm³/mol. The van der Waals surface area contributed by atoms with E-state index in [0.717, 1.165) is 12.8 Å². The van der Waals surface area contributed by atoms with E-state index in [2.05, 4.69) is 5.32 Å². The molecule has 0 atom stereocenters. The van der Waals surface area contributed by atoms with E-state index >= 15 is 0 Å². The molecule has 0 aliphatic heterocycles. The molecular formula is C19H20FNO4. The first-order valence-electron chi connectivity index (χ1n) is 8.02. The number of benzene rings is 2. The standard InChI is InChI=1S/C19H20FNO4/c20-16-6-8-17(9-7-16)25-11-2-1-10-21-18(22)13-14-4-3-5-15(12-14)19(23)24/h3-9,12H,1-2,10-11,13H2,(H,21,22)(H,23,24). The van der Waals surface area contributed by atoms with Gasteiger partial charge in [0.1, 0.15) is 11.6 Å². The lowest BCUT2D eigenvalue weighted by molar-refractivity contribution is -0.120. The molecule has 0 aliphatic carbocycles. The van der Waals surface area contributed by atoms with Crippen LogP contribution in [0.2, 0.25) is 0 Å². The van der Waals surface area contributed by atoms with Gasteiger partial charge in [-0.3, -0.25) is 4.79 Å². The number of rotatable bonds is 9. The second-order valence-electron chi connectivity index (χ2n) is 5.54. The smallest absolute Gasteiger partial charge is 0.335 e. The molecule has 132 valence electrons. The number of carbonyl (C=O) groups excluding carboxylic acids is 1. The lowest BCUT2D eigenvalue weighted by Crippen LogP contribution is -2.26. The molecule has 0 radical (unpaired) electrons. The number of carboxylic acids is 1. The SMILES string of the molecule is O=C(Cc1cccc(C(=O)O)c1)NCCCCOc1ccc(F)cc1. The van der Waals surface area contributed by atoms with Crippen molar-refractivity contribution in [3.8, 4) is 5.75 Å². The summed E-state index contributed by atoms with van der Waals surface area (Å²) in [5.74, 6) is -0.849. The summed E-state index contributed by atoms with van der Waals surface area (Å²) in [7, 11) is 0. The molecule has 6 heteroatoms. The Hall–Kier alpha value is -2.89. The van der Waals surface area contributed by atoms with Crippen molar-refractivity contribution in [3.05, 3.63) is 65.5 Å². The van der Waals surface area contributed by atoms with Crippen LogP contribution in [0.15, 0.2) is 48.5 Å². The Balaban J connectivity index is 1.61. The molecule has 0 saturated heterocycles. The van der Waals surface area contributed by atoms with Gasteiger partial charge >= 0.3 is 5.97 Å². The van der Waals surface area contributed by atoms with Crippen molar-refractivity contribution in [2.45, 2.75) is 19.3 Å². The molecule has 0 fully saturated rings. The highest BCUT2D eigenvalue weighted by atomic mass is 19.1. The maximum Gasteiger partial charge on any atom is 0.335 e. The van der Waals surface area contributed by atoms with Crippen molar-refractivity contribution in [1.82, 2.24) is 5.32 Å². The van der Waals surface area contributed by atoms with E-state index < -0.39 is 5.97 Å². The van der Waals surface area contributed by atoms with Crippen LogP contribution in [0.25, 0.3) is 0 Å². The van der Waals surface area contributed by atoms with Crippen LogP contribution in [-0.2, 0) is 11.2 Å². The third kappa shape index (κ3) is 6.63. The summed E-state index contributed by atoms with van der Waals surface area (Å²) >= 11 is 0. The number of carbonyl (C=O) groups is 2. The summed E-state index contributed by atoms with van der Waals surface area (Å²) in [5, 5.41) is 11.7. The second kappa shape index (κ2) is 9.42. The predicted octanol–water partition coefficient (Wildman–Crippen LogP) is 3.04. The molecule has 0 aromatic heterocycles. The van der Waals surface area contributed by atoms with E-state index in [1.807, 2.05) is 0 Å². The molecule has 2 rings (SSSR count). The first-order chi connectivity index (χ1) is 12.0. The second-order valence-corrected chi connectivity index (χ2v) is 5.54. The average Bonchev–Trinajstić information content (AvgIpc) is 2.59.